The van der Waals surface area contributed by atoms with Crippen molar-refractivity contribution in [2.45, 2.75) is 53.5 Å². The van der Waals surface area contributed by atoms with Crippen LogP contribution in [0.4, 0.5) is 0 Å². The van der Waals surface area contributed by atoms with E-state index in [2.05, 4.69) is 70.7 Å². The van der Waals surface area contributed by atoms with Gasteiger partial charge in [0.25, 0.3) is 0 Å². The van der Waals surface area contributed by atoms with E-state index in [4.69, 9.17) is 5.73 Å². The summed E-state index contributed by atoms with van der Waals surface area (Å²) in [7, 11) is 0. The van der Waals surface area contributed by atoms with Crippen LogP contribution in [0.15, 0.2) is 24.3 Å². The Morgan fingerprint density at radius 2 is 1.24 bits per heavy atom. The maximum atomic E-state index is 6.11. The van der Waals surface area contributed by atoms with E-state index in [0.717, 1.165) is 13.1 Å². The lowest BCUT2D eigenvalue weighted by Crippen LogP contribution is -2.38. The predicted molar refractivity (Wildman–Crippen MR) is 93.6 cm³/mol. The molecule has 1 unspecified atom stereocenters. The first-order valence-electron chi connectivity index (χ1n) is 8.39. The summed E-state index contributed by atoms with van der Waals surface area (Å²) in [6.45, 7) is 16.5. The molecule has 0 spiro atoms. The van der Waals surface area contributed by atoms with E-state index in [0.29, 0.717) is 30.3 Å². The van der Waals surface area contributed by atoms with Crippen LogP contribution in [0.1, 0.15) is 64.6 Å². The maximum absolute atomic E-state index is 6.11. The number of benzene rings is 1. The summed E-state index contributed by atoms with van der Waals surface area (Å²) in [6.07, 6.45) is 0. The highest BCUT2D eigenvalue weighted by atomic mass is 15.2. The Balaban J connectivity index is 2.95. The lowest BCUT2D eigenvalue weighted by atomic mass is 9.97. The fourth-order valence-electron chi connectivity index (χ4n) is 2.87. The number of nitrogens with two attached hydrogens (primary N) is 1. The fourth-order valence-corrected chi connectivity index (χ4v) is 2.87. The van der Waals surface area contributed by atoms with Gasteiger partial charge < -0.3 is 5.73 Å². The quantitative estimate of drug-likeness (QED) is 0.767. The molecule has 0 bridgehead atoms. The van der Waals surface area contributed by atoms with E-state index in [-0.39, 0.29) is 0 Å². The van der Waals surface area contributed by atoms with Crippen molar-refractivity contribution in [1.29, 1.82) is 0 Å². The number of hydrogen-bond donors (Lipinski definition) is 1. The van der Waals surface area contributed by atoms with Gasteiger partial charge in [-0.2, -0.15) is 0 Å². The second-order valence-electron chi connectivity index (χ2n) is 7.31. The molecule has 0 aliphatic heterocycles. The molecule has 21 heavy (non-hydrogen) atoms. The largest absolute Gasteiger partial charge is 0.329 e. The lowest BCUT2D eigenvalue weighted by Gasteiger charge is -2.34. The summed E-state index contributed by atoms with van der Waals surface area (Å²) in [5.41, 5.74) is 8.86. The summed E-state index contributed by atoms with van der Waals surface area (Å²) in [5.74, 6) is 1.90. The van der Waals surface area contributed by atoms with Gasteiger partial charge in [-0.1, -0.05) is 65.8 Å². The second-order valence-corrected chi connectivity index (χ2v) is 7.31. The van der Waals surface area contributed by atoms with E-state index >= 15 is 0 Å². The SMILES string of the molecule is CC(C)CN(CC(C)C)C(CN)c1ccc(C(C)C)cc1. The van der Waals surface area contributed by atoms with Crippen molar-refractivity contribution >= 4 is 0 Å². The van der Waals surface area contributed by atoms with Gasteiger partial charge in [0.05, 0.1) is 0 Å². The van der Waals surface area contributed by atoms with Crippen LogP contribution in [0.3, 0.4) is 0 Å². The van der Waals surface area contributed by atoms with E-state index in [1.54, 1.807) is 0 Å². The molecule has 0 saturated carbocycles. The Hall–Kier alpha value is -0.860. The van der Waals surface area contributed by atoms with Crippen molar-refractivity contribution in [3.8, 4) is 0 Å². The van der Waals surface area contributed by atoms with Crippen molar-refractivity contribution in [3.63, 3.8) is 0 Å². The van der Waals surface area contributed by atoms with E-state index in [1.165, 1.54) is 11.1 Å². The minimum Gasteiger partial charge on any atom is -0.329 e. The van der Waals surface area contributed by atoms with Gasteiger partial charge >= 0.3 is 0 Å². The molecule has 2 N–H and O–H groups in total. The van der Waals surface area contributed by atoms with Gasteiger partial charge in [-0.05, 0) is 28.9 Å². The molecule has 1 rings (SSSR count). The van der Waals surface area contributed by atoms with E-state index in [9.17, 15) is 0 Å². The van der Waals surface area contributed by atoms with E-state index in [1.807, 2.05) is 0 Å². The van der Waals surface area contributed by atoms with Crippen LogP contribution < -0.4 is 5.73 Å². The van der Waals surface area contributed by atoms with E-state index < -0.39 is 0 Å². The summed E-state index contributed by atoms with van der Waals surface area (Å²) < 4.78 is 0. The molecule has 120 valence electrons. The normalized spacial score (nSPS) is 13.7. The first-order chi connectivity index (χ1) is 9.85. The Labute approximate surface area is 131 Å². The topological polar surface area (TPSA) is 29.3 Å². The molecule has 0 heterocycles. The van der Waals surface area contributed by atoms with Gasteiger partial charge in [0.15, 0.2) is 0 Å². The molecule has 1 atom stereocenters. The minimum atomic E-state index is 0.330. The Bertz CT molecular complexity index is 383. The van der Waals surface area contributed by atoms with Crippen molar-refractivity contribution in [2.75, 3.05) is 19.6 Å². The predicted octanol–water partition coefficient (Wildman–Crippen LogP) is 4.42. The summed E-state index contributed by atoms with van der Waals surface area (Å²) in [5, 5.41) is 0. The van der Waals surface area contributed by atoms with Gasteiger partial charge in [0.2, 0.25) is 0 Å². The molecule has 2 heteroatoms. The molecular formula is C19H34N2. The van der Waals surface area contributed by atoms with Crippen LogP contribution in [0.25, 0.3) is 0 Å². The Morgan fingerprint density at radius 1 is 0.810 bits per heavy atom. The third-order valence-corrected chi connectivity index (χ3v) is 3.85. The third-order valence-electron chi connectivity index (χ3n) is 3.85. The van der Waals surface area contributed by atoms with Crippen LogP contribution in [0.5, 0.6) is 0 Å². The van der Waals surface area contributed by atoms with Gasteiger partial charge in [-0.15, -0.1) is 0 Å². The molecule has 2 nitrogen and oxygen atoms in total. The first kappa shape index (κ1) is 18.2. The van der Waals surface area contributed by atoms with Crippen molar-refractivity contribution < 1.29 is 0 Å². The zero-order valence-corrected chi connectivity index (χ0v) is 14.8. The van der Waals surface area contributed by atoms with Gasteiger partial charge in [0, 0.05) is 25.7 Å². The van der Waals surface area contributed by atoms with Crippen molar-refractivity contribution in [1.82, 2.24) is 4.90 Å². The van der Waals surface area contributed by atoms with Crippen LogP contribution in [0, 0.1) is 11.8 Å². The van der Waals surface area contributed by atoms with Gasteiger partial charge in [0.1, 0.15) is 0 Å². The molecule has 0 saturated heterocycles. The van der Waals surface area contributed by atoms with Gasteiger partial charge in [-0.25, -0.2) is 0 Å². The van der Waals surface area contributed by atoms with Crippen LogP contribution in [-0.4, -0.2) is 24.5 Å². The molecule has 0 fully saturated rings. The average Bonchev–Trinajstić information content (AvgIpc) is 2.38. The lowest BCUT2D eigenvalue weighted by molar-refractivity contribution is 0.160. The highest BCUT2D eigenvalue weighted by Gasteiger charge is 2.20. The standard InChI is InChI=1S/C19H34N2/c1-14(2)12-21(13-15(3)4)19(11-20)18-9-7-17(8-10-18)16(5)6/h7-10,14-16,19H,11-13,20H2,1-6H3. The molecular weight excluding hydrogens is 256 g/mol. The summed E-state index contributed by atoms with van der Waals surface area (Å²) >= 11 is 0. The van der Waals surface area contributed by atoms with Crippen molar-refractivity contribution in [3.05, 3.63) is 35.4 Å². The zero-order valence-electron chi connectivity index (χ0n) is 14.8. The average molecular weight is 290 g/mol. The number of nitrogens with zero attached hydrogens (tertiary/aromatic N) is 1. The van der Waals surface area contributed by atoms with Crippen LogP contribution in [0.2, 0.25) is 0 Å². The zero-order chi connectivity index (χ0) is 16.0. The molecule has 0 radical (unpaired) electrons. The number of hydrogen-bond acceptors (Lipinski definition) is 2. The smallest absolute Gasteiger partial charge is 0.0470 e. The third kappa shape index (κ3) is 5.80. The van der Waals surface area contributed by atoms with Crippen LogP contribution >= 0.6 is 0 Å². The summed E-state index contributed by atoms with van der Waals surface area (Å²) in [4.78, 5) is 2.56. The van der Waals surface area contributed by atoms with Gasteiger partial charge in [-0.3, -0.25) is 4.90 Å². The van der Waals surface area contributed by atoms with Crippen molar-refractivity contribution in [2.24, 2.45) is 17.6 Å². The Morgan fingerprint density at radius 3 is 1.57 bits per heavy atom. The minimum absolute atomic E-state index is 0.330. The molecule has 0 aromatic heterocycles. The molecule has 1 aromatic carbocycles. The number of rotatable bonds is 8. The van der Waals surface area contributed by atoms with Crippen LogP contribution in [-0.2, 0) is 0 Å². The highest BCUT2D eigenvalue weighted by Crippen LogP contribution is 2.24. The Kier molecular flexibility index (Phi) is 7.41. The summed E-state index contributed by atoms with van der Waals surface area (Å²) in [6, 6.07) is 9.37. The fraction of sp³-hybridized carbons (Fsp3) is 0.684. The molecule has 0 aliphatic rings. The molecule has 0 aliphatic carbocycles. The highest BCUT2D eigenvalue weighted by molar-refractivity contribution is 5.27. The molecule has 0 amide bonds. The first-order valence-corrected chi connectivity index (χ1v) is 8.39. The second kappa shape index (κ2) is 8.55. The monoisotopic (exact) mass is 290 g/mol. The maximum Gasteiger partial charge on any atom is 0.0470 e. The molecule has 1 aromatic rings.